The summed E-state index contributed by atoms with van der Waals surface area (Å²) in [6, 6.07) is 6.37. The fourth-order valence-corrected chi connectivity index (χ4v) is 2.44. The van der Waals surface area contributed by atoms with E-state index in [1.165, 1.54) is 17.4 Å². The molecule has 2 aromatic rings. The van der Waals surface area contributed by atoms with Gasteiger partial charge in [-0.25, -0.2) is 0 Å². The molecule has 1 aromatic heterocycles. The van der Waals surface area contributed by atoms with Gasteiger partial charge in [-0.2, -0.15) is 0 Å². The van der Waals surface area contributed by atoms with Gasteiger partial charge in [-0.15, -0.1) is 11.3 Å². The van der Waals surface area contributed by atoms with Crippen molar-refractivity contribution in [2.45, 2.75) is 13.8 Å². The highest BCUT2D eigenvalue weighted by atomic mass is 32.1. The largest absolute Gasteiger partial charge is 0.504 e. The van der Waals surface area contributed by atoms with Crippen LogP contribution < -0.4 is 5.43 Å². The van der Waals surface area contributed by atoms with E-state index in [0.29, 0.717) is 21.6 Å². The SMILES string of the molecule is Cc1cc(C)c(O)c(=O)cc1C(=O)c1cccs1. The van der Waals surface area contributed by atoms with E-state index in [-0.39, 0.29) is 11.5 Å². The molecular formula is C14H12O3S. The van der Waals surface area contributed by atoms with E-state index < -0.39 is 5.43 Å². The number of thiophene rings is 1. The number of ketones is 1. The van der Waals surface area contributed by atoms with Gasteiger partial charge < -0.3 is 5.11 Å². The summed E-state index contributed by atoms with van der Waals surface area (Å²) >= 11 is 1.33. The van der Waals surface area contributed by atoms with E-state index in [4.69, 9.17) is 0 Å². The molecule has 0 aliphatic rings. The van der Waals surface area contributed by atoms with Crippen molar-refractivity contribution >= 4 is 17.1 Å². The van der Waals surface area contributed by atoms with Crippen LogP contribution in [0, 0.1) is 13.8 Å². The Bertz CT molecular complexity index is 657. The molecule has 1 N–H and O–H groups in total. The van der Waals surface area contributed by atoms with Crippen LogP contribution in [0.2, 0.25) is 0 Å². The lowest BCUT2D eigenvalue weighted by atomic mass is 10.1. The topological polar surface area (TPSA) is 54.4 Å². The van der Waals surface area contributed by atoms with Crippen molar-refractivity contribution in [1.29, 1.82) is 0 Å². The molecule has 4 heteroatoms. The number of carbonyl (C=O) groups is 1. The molecule has 0 atom stereocenters. The maximum Gasteiger partial charge on any atom is 0.221 e. The van der Waals surface area contributed by atoms with Gasteiger partial charge in [0.2, 0.25) is 11.2 Å². The van der Waals surface area contributed by atoms with Gasteiger partial charge in [-0.3, -0.25) is 9.59 Å². The van der Waals surface area contributed by atoms with Crippen molar-refractivity contribution in [1.82, 2.24) is 0 Å². The van der Waals surface area contributed by atoms with Gasteiger partial charge >= 0.3 is 0 Å². The summed E-state index contributed by atoms with van der Waals surface area (Å²) in [6.07, 6.45) is 0. The fraction of sp³-hybridized carbons (Fsp3) is 0.143. The number of carbonyl (C=O) groups excluding carboxylic acids is 1. The molecule has 0 aliphatic heterocycles. The number of hydrogen-bond acceptors (Lipinski definition) is 4. The van der Waals surface area contributed by atoms with Crippen molar-refractivity contribution in [3.63, 3.8) is 0 Å². The maximum atomic E-state index is 12.2. The smallest absolute Gasteiger partial charge is 0.221 e. The molecule has 0 saturated heterocycles. The first-order valence-corrected chi connectivity index (χ1v) is 6.31. The Labute approximate surface area is 108 Å². The Morgan fingerprint density at radius 1 is 1.22 bits per heavy atom. The molecule has 2 rings (SSSR count). The first-order chi connectivity index (χ1) is 8.50. The normalized spacial score (nSPS) is 10.3. The summed E-state index contributed by atoms with van der Waals surface area (Å²) in [6.45, 7) is 3.40. The second-order valence-electron chi connectivity index (χ2n) is 4.09. The van der Waals surface area contributed by atoms with E-state index in [2.05, 4.69) is 0 Å². The number of aromatic hydroxyl groups is 1. The molecular weight excluding hydrogens is 248 g/mol. The Hall–Kier alpha value is -1.94. The number of rotatable bonds is 2. The highest BCUT2D eigenvalue weighted by Crippen LogP contribution is 2.19. The summed E-state index contributed by atoms with van der Waals surface area (Å²) in [5.41, 5.74) is 0.970. The van der Waals surface area contributed by atoms with Gasteiger partial charge in [0.1, 0.15) is 0 Å². The third-order valence-corrected chi connectivity index (χ3v) is 3.60. The summed E-state index contributed by atoms with van der Waals surface area (Å²) in [4.78, 5) is 24.5. The van der Waals surface area contributed by atoms with Crippen molar-refractivity contribution in [2.24, 2.45) is 0 Å². The summed E-state index contributed by atoms with van der Waals surface area (Å²) in [5.74, 6) is -0.488. The van der Waals surface area contributed by atoms with E-state index in [0.717, 1.165) is 0 Å². The maximum absolute atomic E-state index is 12.2. The van der Waals surface area contributed by atoms with Crippen LogP contribution in [0.15, 0.2) is 34.4 Å². The molecule has 1 aromatic carbocycles. The lowest BCUT2D eigenvalue weighted by Crippen LogP contribution is -2.04. The van der Waals surface area contributed by atoms with Crippen LogP contribution in [0.1, 0.15) is 26.4 Å². The lowest BCUT2D eigenvalue weighted by Gasteiger charge is -1.98. The molecule has 1 heterocycles. The average Bonchev–Trinajstić information content (AvgIpc) is 2.84. The molecule has 0 unspecified atom stereocenters. The fourth-order valence-electron chi connectivity index (χ4n) is 1.76. The summed E-state index contributed by atoms with van der Waals surface area (Å²) < 4.78 is 0. The van der Waals surface area contributed by atoms with E-state index in [9.17, 15) is 14.7 Å². The van der Waals surface area contributed by atoms with Crippen LogP contribution in [0.4, 0.5) is 0 Å². The van der Waals surface area contributed by atoms with Crippen LogP contribution in [0.25, 0.3) is 0 Å². The quantitative estimate of drug-likeness (QED) is 0.845. The Balaban J connectivity index is 2.67. The molecule has 92 valence electrons. The highest BCUT2D eigenvalue weighted by molar-refractivity contribution is 7.12. The zero-order chi connectivity index (χ0) is 13.3. The van der Waals surface area contributed by atoms with Crippen LogP contribution in [-0.2, 0) is 0 Å². The first-order valence-electron chi connectivity index (χ1n) is 5.43. The number of hydrogen-bond donors (Lipinski definition) is 1. The molecule has 0 spiro atoms. The standard InChI is InChI=1S/C14H12O3S/c1-8-6-9(2)13(16)11(15)7-10(8)14(17)12-4-3-5-18-12/h3-7H,1-2H3,(H,15,16). The molecule has 0 radical (unpaired) electrons. The van der Waals surface area contributed by atoms with Gasteiger partial charge in [0, 0.05) is 11.6 Å². The zero-order valence-electron chi connectivity index (χ0n) is 10.1. The molecule has 3 nitrogen and oxygen atoms in total. The minimum Gasteiger partial charge on any atom is -0.504 e. The third kappa shape index (κ3) is 2.19. The van der Waals surface area contributed by atoms with Crippen molar-refractivity contribution in [3.05, 3.63) is 61.4 Å². The van der Waals surface area contributed by atoms with Crippen LogP contribution in [0.5, 0.6) is 5.75 Å². The van der Waals surface area contributed by atoms with Crippen molar-refractivity contribution in [3.8, 4) is 5.75 Å². The van der Waals surface area contributed by atoms with Crippen molar-refractivity contribution < 1.29 is 9.90 Å². The monoisotopic (exact) mass is 260 g/mol. The second-order valence-corrected chi connectivity index (χ2v) is 5.04. The minimum atomic E-state index is -0.527. The minimum absolute atomic E-state index is 0.186. The van der Waals surface area contributed by atoms with E-state index >= 15 is 0 Å². The molecule has 0 amide bonds. The lowest BCUT2D eigenvalue weighted by molar-refractivity contribution is 0.104. The summed E-state index contributed by atoms with van der Waals surface area (Å²) in [5, 5.41) is 11.4. The average molecular weight is 260 g/mol. The zero-order valence-corrected chi connectivity index (χ0v) is 10.9. The number of aryl methyl sites for hydroxylation is 2. The van der Waals surface area contributed by atoms with Gasteiger partial charge in [0.25, 0.3) is 0 Å². The molecule has 0 aliphatic carbocycles. The summed E-state index contributed by atoms with van der Waals surface area (Å²) in [7, 11) is 0. The van der Waals surface area contributed by atoms with Crippen LogP contribution >= 0.6 is 11.3 Å². The third-order valence-electron chi connectivity index (χ3n) is 2.73. The molecule has 0 bridgehead atoms. The van der Waals surface area contributed by atoms with Crippen LogP contribution in [-0.4, -0.2) is 10.9 Å². The first kappa shape index (κ1) is 12.5. The van der Waals surface area contributed by atoms with Gasteiger partial charge in [-0.05, 0) is 36.4 Å². The van der Waals surface area contributed by atoms with Crippen LogP contribution in [0.3, 0.4) is 0 Å². The Morgan fingerprint density at radius 3 is 2.56 bits per heavy atom. The predicted octanol–water partition coefficient (Wildman–Crippen LogP) is 2.66. The van der Waals surface area contributed by atoms with Gasteiger partial charge in [0.15, 0.2) is 5.75 Å². The second kappa shape index (κ2) is 4.74. The molecule has 0 fully saturated rings. The molecule has 0 saturated carbocycles. The Morgan fingerprint density at radius 2 is 1.94 bits per heavy atom. The molecule has 18 heavy (non-hydrogen) atoms. The van der Waals surface area contributed by atoms with Crippen molar-refractivity contribution in [2.75, 3.05) is 0 Å². The van der Waals surface area contributed by atoms with Gasteiger partial charge in [0.05, 0.1) is 4.88 Å². The highest BCUT2D eigenvalue weighted by Gasteiger charge is 2.14. The van der Waals surface area contributed by atoms with Gasteiger partial charge in [-0.1, -0.05) is 12.1 Å². The predicted molar refractivity (Wildman–Crippen MR) is 71.6 cm³/mol. The van der Waals surface area contributed by atoms with E-state index in [1.807, 2.05) is 5.38 Å². The van der Waals surface area contributed by atoms with E-state index in [1.54, 1.807) is 32.0 Å². The Kier molecular flexibility index (Phi) is 3.30.